The highest BCUT2D eigenvalue weighted by Gasteiger charge is 2.53. The Morgan fingerprint density at radius 1 is 1.37 bits per heavy atom. The number of esters is 1. The van der Waals surface area contributed by atoms with Crippen LogP contribution in [-0.4, -0.2) is 63.7 Å². The second-order valence-corrected chi connectivity index (χ2v) is 4.73. The molecule has 0 aromatic rings. The van der Waals surface area contributed by atoms with Crippen LogP contribution in [0, 0.1) is 0 Å². The molecule has 1 aliphatic rings. The third kappa shape index (κ3) is 4.12. The third-order valence-electron chi connectivity index (χ3n) is 3.14. The van der Waals surface area contributed by atoms with Crippen molar-refractivity contribution in [3.05, 3.63) is 0 Å². The summed E-state index contributed by atoms with van der Waals surface area (Å²) in [6, 6.07) is 0. The van der Waals surface area contributed by atoms with E-state index in [0.717, 1.165) is 19.3 Å². The van der Waals surface area contributed by atoms with Crippen molar-refractivity contribution in [3.8, 4) is 0 Å². The highest BCUT2D eigenvalue weighted by Crippen LogP contribution is 2.29. The summed E-state index contributed by atoms with van der Waals surface area (Å²) < 4.78 is 9.83. The molecule has 1 saturated heterocycles. The van der Waals surface area contributed by atoms with E-state index in [1.165, 1.54) is 0 Å². The molecule has 19 heavy (non-hydrogen) atoms. The maximum Gasteiger partial charge on any atom is 0.305 e. The van der Waals surface area contributed by atoms with Crippen LogP contribution < -0.4 is 0 Å². The van der Waals surface area contributed by atoms with E-state index in [9.17, 15) is 20.1 Å². The molecular weight excluding hydrogens is 256 g/mol. The minimum Gasteiger partial charge on any atom is -0.463 e. The van der Waals surface area contributed by atoms with Crippen LogP contribution in [0.5, 0.6) is 0 Å². The summed E-state index contributed by atoms with van der Waals surface area (Å²) >= 11 is 0. The van der Waals surface area contributed by atoms with Gasteiger partial charge in [-0.25, -0.2) is 0 Å². The molecule has 1 aliphatic heterocycles. The van der Waals surface area contributed by atoms with Gasteiger partial charge >= 0.3 is 5.97 Å². The summed E-state index contributed by atoms with van der Waals surface area (Å²) in [6.45, 7) is 0.892. The molecule has 1 heterocycles. The molecule has 1 rings (SSSR count). The smallest absolute Gasteiger partial charge is 0.305 e. The zero-order chi connectivity index (χ0) is 14.5. The number of hydrogen-bond acceptors (Lipinski definition) is 7. The van der Waals surface area contributed by atoms with Crippen molar-refractivity contribution < 1.29 is 34.7 Å². The van der Waals surface area contributed by atoms with Gasteiger partial charge in [0.1, 0.15) is 24.9 Å². The number of carbonyl (C=O) groups is 1. The first-order valence-corrected chi connectivity index (χ1v) is 6.47. The maximum absolute atomic E-state index is 11.4. The van der Waals surface area contributed by atoms with E-state index in [1.807, 2.05) is 6.92 Å². The quantitative estimate of drug-likeness (QED) is 0.345. The summed E-state index contributed by atoms with van der Waals surface area (Å²) in [5.41, 5.74) is 0. The summed E-state index contributed by atoms with van der Waals surface area (Å²) in [5, 5.41) is 37.6. The Bertz CT molecular complexity index is 296. The Morgan fingerprint density at radius 2 is 2.05 bits per heavy atom. The highest BCUT2D eigenvalue weighted by atomic mass is 16.7. The number of rotatable bonds is 7. The number of aliphatic hydroxyl groups excluding tert-OH is 3. The normalized spacial score (nSPS) is 34.5. The van der Waals surface area contributed by atoms with Gasteiger partial charge in [-0.2, -0.15) is 0 Å². The number of carbonyl (C=O) groups excluding carboxylic acids is 1. The summed E-state index contributed by atoms with van der Waals surface area (Å²) in [7, 11) is 0. The number of aliphatic hydroxyl groups is 4. The molecule has 0 spiro atoms. The highest BCUT2D eigenvalue weighted by molar-refractivity contribution is 5.69. The Hall–Kier alpha value is -0.730. The Morgan fingerprint density at radius 3 is 2.58 bits per heavy atom. The van der Waals surface area contributed by atoms with Crippen molar-refractivity contribution in [2.45, 2.75) is 56.7 Å². The molecule has 4 N–H and O–H groups in total. The van der Waals surface area contributed by atoms with E-state index in [1.54, 1.807) is 0 Å². The predicted octanol–water partition coefficient (Wildman–Crippen LogP) is -1.09. The number of hydrogen-bond donors (Lipinski definition) is 4. The molecule has 0 unspecified atom stereocenters. The Balaban J connectivity index is 2.36. The van der Waals surface area contributed by atoms with E-state index >= 15 is 0 Å². The molecule has 0 aromatic carbocycles. The van der Waals surface area contributed by atoms with E-state index in [2.05, 4.69) is 0 Å². The monoisotopic (exact) mass is 278 g/mol. The fourth-order valence-electron chi connectivity index (χ4n) is 1.90. The molecule has 4 atom stereocenters. The molecule has 7 nitrogen and oxygen atoms in total. The second-order valence-electron chi connectivity index (χ2n) is 4.73. The third-order valence-corrected chi connectivity index (χ3v) is 3.14. The molecular formula is C12H22O7. The van der Waals surface area contributed by atoms with Crippen molar-refractivity contribution >= 4 is 5.97 Å². The lowest BCUT2D eigenvalue weighted by Crippen LogP contribution is -2.46. The van der Waals surface area contributed by atoms with Gasteiger partial charge in [0.05, 0.1) is 6.61 Å². The minimum atomic E-state index is -2.21. The first-order chi connectivity index (χ1) is 8.94. The van der Waals surface area contributed by atoms with Gasteiger partial charge in [0, 0.05) is 6.42 Å². The average molecular weight is 278 g/mol. The molecule has 0 bridgehead atoms. The predicted molar refractivity (Wildman–Crippen MR) is 64.0 cm³/mol. The van der Waals surface area contributed by atoms with Crippen LogP contribution in [0.1, 0.15) is 32.6 Å². The molecule has 0 amide bonds. The number of ether oxygens (including phenoxy) is 2. The van der Waals surface area contributed by atoms with Gasteiger partial charge in [0.15, 0.2) is 0 Å². The van der Waals surface area contributed by atoms with Gasteiger partial charge in [-0.1, -0.05) is 19.8 Å². The SMILES string of the molecule is CCCCCC(=O)OC[C@H]1O[C@](O)(CO)[C@@H](O)[C@@H]1O. The topological polar surface area (TPSA) is 116 Å². The van der Waals surface area contributed by atoms with Gasteiger partial charge in [-0.15, -0.1) is 0 Å². The van der Waals surface area contributed by atoms with Crippen LogP contribution in [-0.2, 0) is 14.3 Å². The van der Waals surface area contributed by atoms with Gasteiger partial charge in [0.25, 0.3) is 0 Å². The fraction of sp³-hybridized carbons (Fsp3) is 0.917. The second kappa shape index (κ2) is 7.16. The lowest BCUT2D eigenvalue weighted by molar-refractivity contribution is -0.248. The summed E-state index contributed by atoms with van der Waals surface area (Å²) in [5.74, 6) is -2.63. The Kier molecular flexibility index (Phi) is 6.15. The molecule has 1 fully saturated rings. The number of unbranched alkanes of at least 4 members (excludes halogenated alkanes) is 2. The van der Waals surface area contributed by atoms with Crippen molar-refractivity contribution in [1.82, 2.24) is 0 Å². The maximum atomic E-state index is 11.4. The molecule has 0 aliphatic carbocycles. The largest absolute Gasteiger partial charge is 0.463 e. The molecule has 0 radical (unpaired) electrons. The van der Waals surface area contributed by atoms with E-state index in [4.69, 9.17) is 14.6 Å². The summed E-state index contributed by atoms with van der Waals surface area (Å²) in [4.78, 5) is 11.4. The van der Waals surface area contributed by atoms with Crippen LogP contribution in [0.25, 0.3) is 0 Å². The fourth-order valence-corrected chi connectivity index (χ4v) is 1.90. The first kappa shape index (κ1) is 16.3. The van der Waals surface area contributed by atoms with E-state index in [-0.39, 0.29) is 13.0 Å². The molecule has 112 valence electrons. The standard InChI is InChI=1S/C12H22O7/c1-2-3-4-5-9(14)18-6-8-10(15)11(16)12(17,7-13)19-8/h8,10-11,13,15-17H,2-7H2,1H3/t8-,10-,11+,12-/m1/s1. The average Bonchev–Trinajstić information content (AvgIpc) is 2.62. The zero-order valence-electron chi connectivity index (χ0n) is 11.0. The van der Waals surface area contributed by atoms with Gasteiger partial charge in [-0.05, 0) is 6.42 Å². The molecule has 0 saturated carbocycles. The Labute approximate surface area is 111 Å². The summed E-state index contributed by atoms with van der Waals surface area (Å²) in [6.07, 6.45) is -1.17. The van der Waals surface area contributed by atoms with Crippen molar-refractivity contribution in [2.24, 2.45) is 0 Å². The van der Waals surface area contributed by atoms with Crippen molar-refractivity contribution in [2.75, 3.05) is 13.2 Å². The van der Waals surface area contributed by atoms with Crippen LogP contribution in [0.2, 0.25) is 0 Å². The minimum absolute atomic E-state index is 0.272. The van der Waals surface area contributed by atoms with Gasteiger partial charge in [-0.3, -0.25) is 4.79 Å². The van der Waals surface area contributed by atoms with Gasteiger partial charge in [0.2, 0.25) is 5.79 Å². The molecule has 7 heteroatoms. The van der Waals surface area contributed by atoms with Crippen molar-refractivity contribution in [3.63, 3.8) is 0 Å². The van der Waals surface area contributed by atoms with E-state index < -0.39 is 36.7 Å². The van der Waals surface area contributed by atoms with Crippen molar-refractivity contribution in [1.29, 1.82) is 0 Å². The van der Waals surface area contributed by atoms with Crippen LogP contribution in [0.3, 0.4) is 0 Å². The lowest BCUT2D eigenvalue weighted by Gasteiger charge is -2.22. The van der Waals surface area contributed by atoms with Crippen LogP contribution in [0.4, 0.5) is 0 Å². The van der Waals surface area contributed by atoms with Gasteiger partial charge < -0.3 is 29.9 Å². The van der Waals surface area contributed by atoms with Crippen LogP contribution >= 0.6 is 0 Å². The molecule has 0 aromatic heterocycles. The van der Waals surface area contributed by atoms with E-state index in [0.29, 0.717) is 0 Å². The zero-order valence-corrected chi connectivity index (χ0v) is 11.0. The lowest BCUT2D eigenvalue weighted by atomic mass is 10.1. The van der Waals surface area contributed by atoms with Crippen LogP contribution in [0.15, 0.2) is 0 Å². The first-order valence-electron chi connectivity index (χ1n) is 6.47.